The van der Waals surface area contributed by atoms with Crippen LogP contribution in [-0.2, 0) is 0 Å². The van der Waals surface area contributed by atoms with Gasteiger partial charge in [0.25, 0.3) is 0 Å². The molecule has 0 aromatic carbocycles. The third kappa shape index (κ3) is 4.81. The Morgan fingerprint density at radius 1 is 0.619 bits per heavy atom. The molecule has 2 N–H and O–H groups in total. The molecule has 0 saturated heterocycles. The summed E-state index contributed by atoms with van der Waals surface area (Å²) in [6.07, 6.45) is -1.11. The number of hydrogen-bond donors (Lipinski definition) is 2. The van der Waals surface area contributed by atoms with Gasteiger partial charge in [0.1, 0.15) is 24.7 Å². The number of hydrogen-bond acceptors (Lipinski definition) is 2. The van der Waals surface area contributed by atoms with Crippen molar-refractivity contribution in [3.8, 4) is 0 Å². The summed E-state index contributed by atoms with van der Waals surface area (Å²) in [6.45, 7) is 0.915. The molecule has 2 aliphatic rings. The lowest BCUT2D eigenvalue weighted by Crippen LogP contribution is -2.50. The minimum absolute atomic E-state index is 0.408. The van der Waals surface area contributed by atoms with Crippen LogP contribution in [0.2, 0.25) is 0 Å². The highest BCUT2D eigenvalue weighted by Gasteiger charge is 2.34. The Morgan fingerprint density at radius 2 is 0.952 bits per heavy atom. The molecule has 6 heteroatoms. The first-order valence-corrected chi connectivity index (χ1v) is 8.12. The fraction of sp³-hybridized carbons (Fsp3) is 1.00. The quantitative estimate of drug-likeness (QED) is 0.582. The predicted molar refractivity (Wildman–Crippen MR) is 75.5 cm³/mol. The zero-order valence-corrected chi connectivity index (χ0v) is 12.3. The van der Waals surface area contributed by atoms with Crippen LogP contribution < -0.4 is 10.6 Å². The maximum atomic E-state index is 13.6. The first kappa shape index (κ1) is 17.0. The van der Waals surface area contributed by atoms with E-state index in [0.717, 1.165) is 0 Å². The van der Waals surface area contributed by atoms with E-state index < -0.39 is 36.8 Å². The van der Waals surface area contributed by atoms with Crippen LogP contribution in [0.25, 0.3) is 0 Å². The van der Waals surface area contributed by atoms with Crippen LogP contribution in [-0.4, -0.2) is 49.9 Å². The Kier molecular flexibility index (Phi) is 6.74. The molecule has 2 rings (SSSR count). The van der Waals surface area contributed by atoms with Gasteiger partial charge in [-0.3, -0.25) is 0 Å². The third-order valence-corrected chi connectivity index (χ3v) is 4.59. The topological polar surface area (TPSA) is 24.1 Å². The molecule has 4 atom stereocenters. The van der Waals surface area contributed by atoms with E-state index in [4.69, 9.17) is 0 Å². The zero-order valence-electron chi connectivity index (χ0n) is 12.3. The normalized spacial score (nSPS) is 41.1. The van der Waals surface area contributed by atoms with Crippen molar-refractivity contribution >= 4 is 0 Å². The summed E-state index contributed by atoms with van der Waals surface area (Å²) in [5.41, 5.74) is 0. The van der Waals surface area contributed by atoms with Crippen LogP contribution in [0.15, 0.2) is 0 Å². The van der Waals surface area contributed by atoms with Crippen LogP contribution in [0.5, 0.6) is 0 Å². The highest BCUT2D eigenvalue weighted by molar-refractivity contribution is 4.89. The van der Waals surface area contributed by atoms with Gasteiger partial charge in [-0.1, -0.05) is 0 Å². The molecular formula is C15H26F4N2. The van der Waals surface area contributed by atoms with E-state index in [-0.39, 0.29) is 0 Å². The van der Waals surface area contributed by atoms with Crippen LogP contribution in [0.3, 0.4) is 0 Å². The largest absolute Gasteiger partial charge is 0.309 e. The maximum absolute atomic E-state index is 13.6. The van der Waals surface area contributed by atoms with Crippen molar-refractivity contribution in [1.82, 2.24) is 10.6 Å². The maximum Gasteiger partial charge on any atom is 0.118 e. The molecule has 4 unspecified atom stereocenters. The van der Waals surface area contributed by atoms with Crippen molar-refractivity contribution in [1.29, 1.82) is 0 Å². The number of nitrogens with one attached hydrogen (secondary N) is 2. The second-order valence-corrected chi connectivity index (χ2v) is 6.24. The predicted octanol–water partition coefficient (Wildman–Crippen LogP) is 3.01. The van der Waals surface area contributed by atoms with E-state index in [0.29, 0.717) is 58.0 Å². The van der Waals surface area contributed by atoms with Gasteiger partial charge in [0.05, 0.1) is 12.1 Å². The van der Waals surface area contributed by atoms with E-state index in [1.165, 1.54) is 0 Å². The van der Waals surface area contributed by atoms with Gasteiger partial charge in [-0.15, -0.1) is 0 Å². The first-order chi connectivity index (χ1) is 10.1. The van der Waals surface area contributed by atoms with E-state index >= 15 is 0 Å². The Labute approximate surface area is 124 Å². The standard InChI is InChI=1S/C15H26F4N2/c16-10-4-1-5-11(17)14(10)20-8-3-9-21-15-12(18)6-2-7-13(15)19/h10-15,20-21H,1-9H2. The van der Waals surface area contributed by atoms with Crippen molar-refractivity contribution in [3.05, 3.63) is 0 Å². The Hall–Kier alpha value is -0.360. The summed E-state index contributed by atoms with van der Waals surface area (Å²) in [6, 6.07) is -1.45. The molecule has 0 radical (unpaired) electrons. The number of rotatable bonds is 6. The molecule has 0 heterocycles. The second-order valence-electron chi connectivity index (χ2n) is 6.24. The van der Waals surface area contributed by atoms with E-state index in [1.54, 1.807) is 0 Å². The highest BCUT2D eigenvalue weighted by atomic mass is 19.2. The van der Waals surface area contributed by atoms with Crippen LogP contribution in [0, 0.1) is 0 Å². The molecule has 0 aromatic heterocycles. The molecule has 0 spiro atoms. The lowest BCUT2D eigenvalue weighted by atomic mass is 9.91. The molecule has 124 valence electrons. The van der Waals surface area contributed by atoms with Crippen LogP contribution in [0.1, 0.15) is 44.9 Å². The van der Waals surface area contributed by atoms with Gasteiger partial charge in [0.2, 0.25) is 0 Å². The lowest BCUT2D eigenvalue weighted by molar-refractivity contribution is 0.0984. The molecule has 0 amide bonds. The Bertz CT molecular complexity index is 257. The molecule has 0 aliphatic heterocycles. The van der Waals surface area contributed by atoms with E-state index in [1.807, 2.05) is 0 Å². The zero-order chi connectivity index (χ0) is 15.2. The van der Waals surface area contributed by atoms with Crippen LogP contribution >= 0.6 is 0 Å². The number of alkyl halides is 4. The second kappa shape index (κ2) is 8.32. The highest BCUT2D eigenvalue weighted by Crippen LogP contribution is 2.25. The van der Waals surface area contributed by atoms with Gasteiger partial charge < -0.3 is 10.6 Å². The SMILES string of the molecule is FC1CCCC(F)C1NCCCNC1C(F)CCCC1F. The van der Waals surface area contributed by atoms with Gasteiger partial charge in [-0.2, -0.15) is 0 Å². The Morgan fingerprint density at radius 3 is 1.29 bits per heavy atom. The van der Waals surface area contributed by atoms with E-state index in [9.17, 15) is 17.6 Å². The molecule has 21 heavy (non-hydrogen) atoms. The van der Waals surface area contributed by atoms with Gasteiger partial charge >= 0.3 is 0 Å². The summed E-state index contributed by atoms with van der Waals surface area (Å²) in [7, 11) is 0. The van der Waals surface area contributed by atoms with Crippen molar-refractivity contribution < 1.29 is 17.6 Å². The van der Waals surface area contributed by atoms with E-state index in [2.05, 4.69) is 10.6 Å². The average molecular weight is 310 g/mol. The van der Waals surface area contributed by atoms with Crippen molar-refractivity contribution in [3.63, 3.8) is 0 Å². The minimum Gasteiger partial charge on any atom is -0.309 e. The summed E-state index contributed by atoms with van der Waals surface area (Å²) in [5.74, 6) is 0. The molecule has 0 bridgehead atoms. The molecule has 2 saturated carbocycles. The lowest BCUT2D eigenvalue weighted by Gasteiger charge is -2.31. The third-order valence-electron chi connectivity index (χ3n) is 4.59. The summed E-state index contributed by atoms with van der Waals surface area (Å²) < 4.78 is 54.3. The summed E-state index contributed by atoms with van der Waals surface area (Å²) in [5, 5.41) is 5.81. The molecule has 2 aliphatic carbocycles. The average Bonchev–Trinajstić information content (AvgIpc) is 2.44. The fourth-order valence-electron chi connectivity index (χ4n) is 3.32. The van der Waals surface area contributed by atoms with Crippen molar-refractivity contribution in [2.24, 2.45) is 0 Å². The van der Waals surface area contributed by atoms with Crippen molar-refractivity contribution in [2.45, 2.75) is 81.7 Å². The van der Waals surface area contributed by atoms with Crippen LogP contribution in [0.4, 0.5) is 17.6 Å². The monoisotopic (exact) mass is 310 g/mol. The molecule has 0 aromatic rings. The van der Waals surface area contributed by atoms with Gasteiger partial charge in [0.15, 0.2) is 0 Å². The van der Waals surface area contributed by atoms with Gasteiger partial charge in [0, 0.05) is 0 Å². The molecular weight excluding hydrogens is 284 g/mol. The summed E-state index contributed by atoms with van der Waals surface area (Å²) >= 11 is 0. The molecule has 2 nitrogen and oxygen atoms in total. The minimum atomic E-state index is -1.13. The van der Waals surface area contributed by atoms with Gasteiger partial charge in [-0.25, -0.2) is 17.6 Å². The van der Waals surface area contributed by atoms with Crippen molar-refractivity contribution in [2.75, 3.05) is 13.1 Å². The smallest absolute Gasteiger partial charge is 0.118 e. The molecule has 2 fully saturated rings. The number of halogens is 4. The summed E-state index contributed by atoms with van der Waals surface area (Å²) in [4.78, 5) is 0. The first-order valence-electron chi connectivity index (χ1n) is 8.12. The Balaban J connectivity index is 1.61. The fourth-order valence-corrected chi connectivity index (χ4v) is 3.32. The van der Waals surface area contributed by atoms with Gasteiger partial charge in [-0.05, 0) is 58.0 Å².